The second-order valence-corrected chi connectivity index (χ2v) is 12.8. The summed E-state index contributed by atoms with van der Waals surface area (Å²) in [7, 11) is -3.97. The maximum Gasteiger partial charge on any atom is 0.355 e. The highest BCUT2D eigenvalue weighted by molar-refractivity contribution is 7.90. The second kappa shape index (κ2) is 11.5. The molecule has 1 atom stereocenters. The monoisotopic (exact) mass is 626 g/mol. The van der Waals surface area contributed by atoms with Crippen LogP contribution in [0.1, 0.15) is 32.4 Å². The summed E-state index contributed by atoms with van der Waals surface area (Å²) >= 11 is 0. The van der Waals surface area contributed by atoms with E-state index in [2.05, 4.69) is 21.5 Å². The minimum absolute atomic E-state index is 0.0160. The number of benzene rings is 1. The highest BCUT2D eigenvalue weighted by Gasteiger charge is 2.32. The van der Waals surface area contributed by atoms with Gasteiger partial charge in [-0.3, -0.25) is 9.78 Å². The molecule has 14 heteroatoms. The number of anilines is 1. The van der Waals surface area contributed by atoms with Crippen LogP contribution in [0.3, 0.4) is 0 Å². The topological polar surface area (TPSA) is 118 Å². The quantitative estimate of drug-likeness (QED) is 0.295. The molecule has 1 amide bonds. The Morgan fingerprint density at radius 2 is 1.77 bits per heavy atom. The molecule has 0 unspecified atom stereocenters. The van der Waals surface area contributed by atoms with Crippen molar-refractivity contribution in [3.8, 4) is 16.9 Å². The van der Waals surface area contributed by atoms with Crippen molar-refractivity contribution in [2.24, 2.45) is 0 Å². The van der Waals surface area contributed by atoms with E-state index in [1.807, 2.05) is 0 Å². The van der Waals surface area contributed by atoms with Gasteiger partial charge in [0.1, 0.15) is 23.1 Å². The lowest BCUT2D eigenvalue weighted by Crippen LogP contribution is -2.54. The lowest BCUT2D eigenvalue weighted by Gasteiger charge is -2.40. The minimum Gasteiger partial charge on any atom is -0.350 e. The van der Waals surface area contributed by atoms with Crippen LogP contribution in [0.25, 0.3) is 28.0 Å². The maximum absolute atomic E-state index is 15.8. The fourth-order valence-electron chi connectivity index (χ4n) is 5.42. The van der Waals surface area contributed by atoms with Crippen molar-refractivity contribution in [1.29, 1.82) is 0 Å². The number of sulfone groups is 1. The lowest BCUT2D eigenvalue weighted by molar-refractivity contribution is -0.126. The molecular weight excluding hydrogens is 597 g/mol. The van der Waals surface area contributed by atoms with Crippen LogP contribution in [0, 0.1) is 17.5 Å². The molecule has 1 aromatic carbocycles. The van der Waals surface area contributed by atoms with E-state index in [0.717, 1.165) is 35.1 Å². The summed E-state index contributed by atoms with van der Waals surface area (Å²) in [6, 6.07) is 4.80. The molecule has 5 rings (SSSR count). The van der Waals surface area contributed by atoms with Crippen molar-refractivity contribution in [2.45, 2.75) is 37.6 Å². The van der Waals surface area contributed by atoms with Crippen LogP contribution in [-0.4, -0.2) is 70.7 Å². The Labute approximate surface area is 251 Å². The molecule has 0 saturated carbocycles. The Morgan fingerprint density at radius 3 is 2.36 bits per heavy atom. The van der Waals surface area contributed by atoms with Crippen molar-refractivity contribution >= 4 is 32.6 Å². The normalized spacial score (nSPS) is 15.7. The third kappa shape index (κ3) is 5.34. The molecule has 44 heavy (non-hydrogen) atoms. The molecule has 4 aromatic rings. The molecule has 0 spiro atoms. The van der Waals surface area contributed by atoms with Gasteiger partial charge in [-0.2, -0.15) is 4.98 Å². The van der Waals surface area contributed by atoms with E-state index in [0.29, 0.717) is 0 Å². The molecule has 3 aromatic heterocycles. The predicted molar refractivity (Wildman–Crippen MR) is 159 cm³/mol. The summed E-state index contributed by atoms with van der Waals surface area (Å²) in [5.74, 6) is -3.93. The Balaban J connectivity index is 1.90. The summed E-state index contributed by atoms with van der Waals surface area (Å²) in [4.78, 5) is 42.1. The molecule has 1 saturated heterocycles. The van der Waals surface area contributed by atoms with Gasteiger partial charge in [-0.25, -0.2) is 35.9 Å². The molecule has 0 bridgehead atoms. The van der Waals surface area contributed by atoms with Gasteiger partial charge in [-0.1, -0.05) is 26.5 Å². The second-order valence-electron chi connectivity index (χ2n) is 10.8. The Morgan fingerprint density at radius 1 is 1.09 bits per heavy atom. The van der Waals surface area contributed by atoms with Gasteiger partial charge in [0, 0.05) is 38.1 Å². The molecular formula is C30H29F3N6O4S. The summed E-state index contributed by atoms with van der Waals surface area (Å²) in [5, 5.41) is -0.0176. The standard InChI is InChI=1S/C30H29F3N6O4S/c1-6-23(40)37-12-13-38(17(4)15-37)28-18-14-21(33)26(24-19(31)8-7-9-20(24)32)35-29(18)39(30(41)36-28)27-22(44(5,42)43)10-11-34-25(27)16(2)3/h6-11,14,16-17H,1,12-13,15H2,2-5H3/t17-/m0/s1. The van der Waals surface area contributed by atoms with Gasteiger partial charge in [0.25, 0.3) is 0 Å². The molecule has 4 heterocycles. The number of aromatic nitrogens is 4. The number of carbonyl (C=O) groups excluding carboxylic acids is 1. The number of piperazine rings is 1. The van der Waals surface area contributed by atoms with E-state index in [4.69, 9.17) is 0 Å². The van der Waals surface area contributed by atoms with Crippen LogP contribution in [0.15, 0.2) is 58.9 Å². The SMILES string of the molecule is C=CC(=O)N1CCN(c2nc(=O)n(-c3c(S(C)(=O)=O)ccnc3C(C)C)c3nc(-c4c(F)cccc4F)c(F)cc23)[C@@H](C)C1. The summed E-state index contributed by atoms with van der Waals surface area (Å²) in [6.45, 7) is 9.47. The van der Waals surface area contributed by atoms with E-state index in [-0.39, 0.29) is 58.7 Å². The van der Waals surface area contributed by atoms with E-state index < -0.39 is 56.2 Å². The first kappa shape index (κ1) is 30.9. The number of nitrogens with zero attached hydrogens (tertiary/aromatic N) is 6. The van der Waals surface area contributed by atoms with E-state index in [1.54, 1.807) is 30.6 Å². The van der Waals surface area contributed by atoms with Crippen molar-refractivity contribution < 1.29 is 26.4 Å². The number of hydrogen-bond donors (Lipinski definition) is 0. The highest BCUT2D eigenvalue weighted by Crippen LogP contribution is 2.35. The number of fused-ring (bicyclic) bond motifs is 1. The largest absolute Gasteiger partial charge is 0.355 e. The lowest BCUT2D eigenvalue weighted by atomic mass is 10.1. The van der Waals surface area contributed by atoms with Gasteiger partial charge in [0.05, 0.1) is 27.2 Å². The van der Waals surface area contributed by atoms with E-state index >= 15 is 4.39 Å². The predicted octanol–water partition coefficient (Wildman–Crippen LogP) is 4.01. The fraction of sp³-hybridized carbons (Fsp3) is 0.300. The van der Waals surface area contributed by atoms with Gasteiger partial charge >= 0.3 is 5.69 Å². The molecule has 0 radical (unpaired) electrons. The summed E-state index contributed by atoms with van der Waals surface area (Å²) in [6.07, 6.45) is 3.45. The van der Waals surface area contributed by atoms with Gasteiger partial charge in [0.2, 0.25) is 5.91 Å². The van der Waals surface area contributed by atoms with Gasteiger partial charge in [-0.05, 0) is 43.2 Å². The number of amides is 1. The molecule has 0 aliphatic carbocycles. The third-order valence-corrected chi connectivity index (χ3v) is 8.60. The first-order valence-electron chi connectivity index (χ1n) is 13.7. The van der Waals surface area contributed by atoms with Crippen LogP contribution in [0.4, 0.5) is 19.0 Å². The first-order valence-corrected chi connectivity index (χ1v) is 15.6. The number of pyridine rings is 2. The van der Waals surface area contributed by atoms with Crippen LogP contribution in [0.5, 0.6) is 0 Å². The number of rotatable bonds is 6. The van der Waals surface area contributed by atoms with Gasteiger partial charge in [-0.15, -0.1) is 0 Å². The number of carbonyl (C=O) groups is 1. The summed E-state index contributed by atoms with van der Waals surface area (Å²) < 4.78 is 72.4. The number of halogens is 3. The maximum atomic E-state index is 15.8. The van der Waals surface area contributed by atoms with Crippen LogP contribution >= 0.6 is 0 Å². The average molecular weight is 627 g/mol. The fourth-order valence-corrected chi connectivity index (χ4v) is 6.28. The Bertz CT molecular complexity index is 1980. The molecule has 0 N–H and O–H groups in total. The molecule has 10 nitrogen and oxygen atoms in total. The van der Waals surface area contributed by atoms with Gasteiger partial charge in [0.15, 0.2) is 21.3 Å². The van der Waals surface area contributed by atoms with Crippen LogP contribution in [-0.2, 0) is 14.6 Å². The Hall–Kier alpha value is -4.59. The molecule has 1 aliphatic rings. The molecule has 230 valence electrons. The third-order valence-electron chi connectivity index (χ3n) is 7.47. The average Bonchev–Trinajstić information content (AvgIpc) is 2.96. The van der Waals surface area contributed by atoms with E-state index in [9.17, 15) is 26.8 Å². The first-order chi connectivity index (χ1) is 20.7. The van der Waals surface area contributed by atoms with Crippen molar-refractivity contribution in [2.75, 3.05) is 30.8 Å². The zero-order chi connectivity index (χ0) is 32.1. The minimum atomic E-state index is -3.97. The van der Waals surface area contributed by atoms with E-state index in [1.165, 1.54) is 18.3 Å². The van der Waals surface area contributed by atoms with Crippen LogP contribution < -0.4 is 10.6 Å². The zero-order valence-electron chi connectivity index (χ0n) is 24.4. The van der Waals surface area contributed by atoms with Crippen molar-refractivity contribution in [1.82, 2.24) is 24.4 Å². The zero-order valence-corrected chi connectivity index (χ0v) is 25.2. The summed E-state index contributed by atoms with van der Waals surface area (Å²) in [5.41, 5.74) is -2.66. The molecule has 1 aliphatic heterocycles. The smallest absolute Gasteiger partial charge is 0.350 e. The van der Waals surface area contributed by atoms with Gasteiger partial charge < -0.3 is 9.80 Å². The molecule has 1 fully saturated rings. The number of hydrogen-bond acceptors (Lipinski definition) is 8. The van der Waals surface area contributed by atoms with Crippen LogP contribution in [0.2, 0.25) is 0 Å². The van der Waals surface area contributed by atoms with Crippen molar-refractivity contribution in [3.05, 3.63) is 82.8 Å². The van der Waals surface area contributed by atoms with Crippen molar-refractivity contribution in [3.63, 3.8) is 0 Å². The Kier molecular flexibility index (Phi) is 8.05. The highest BCUT2D eigenvalue weighted by atomic mass is 32.2.